The molecule has 1 heterocycles. The summed E-state index contributed by atoms with van der Waals surface area (Å²) in [6.45, 7) is 0.815. The van der Waals surface area contributed by atoms with Gasteiger partial charge < -0.3 is 14.2 Å². The van der Waals surface area contributed by atoms with Crippen molar-refractivity contribution in [2.75, 3.05) is 13.9 Å². The smallest absolute Gasteiger partial charge is 0.231 e. The Hall–Kier alpha value is -0.740. The summed E-state index contributed by atoms with van der Waals surface area (Å²) in [5.74, 6) is 1.58. The van der Waals surface area contributed by atoms with E-state index in [4.69, 9.17) is 14.2 Å². The van der Waals surface area contributed by atoms with Gasteiger partial charge >= 0.3 is 0 Å². The van der Waals surface area contributed by atoms with Gasteiger partial charge in [-0.2, -0.15) is 0 Å². The van der Waals surface area contributed by atoms with Crippen LogP contribution in [-0.4, -0.2) is 13.9 Å². The van der Waals surface area contributed by atoms with Gasteiger partial charge in [-0.3, -0.25) is 0 Å². The van der Waals surface area contributed by atoms with E-state index in [9.17, 15) is 0 Å². The van der Waals surface area contributed by atoms with E-state index < -0.39 is 0 Å². The van der Waals surface area contributed by atoms with Crippen molar-refractivity contribution in [3.05, 3.63) is 22.2 Å². The van der Waals surface area contributed by atoms with E-state index in [-0.39, 0.29) is 0 Å². The van der Waals surface area contributed by atoms with Gasteiger partial charge in [0.25, 0.3) is 0 Å². The fourth-order valence-electron chi connectivity index (χ4n) is 1.28. The minimum atomic E-state index is 0.294. The van der Waals surface area contributed by atoms with Crippen molar-refractivity contribution in [3.63, 3.8) is 0 Å². The molecule has 70 valence electrons. The van der Waals surface area contributed by atoms with Gasteiger partial charge in [-0.15, -0.1) is 0 Å². The van der Waals surface area contributed by atoms with Crippen molar-refractivity contribution >= 4 is 15.9 Å². The molecule has 0 radical (unpaired) electrons. The highest BCUT2D eigenvalue weighted by molar-refractivity contribution is 9.10. The number of hydrogen-bond donors (Lipinski definition) is 0. The lowest BCUT2D eigenvalue weighted by Crippen LogP contribution is -1.95. The zero-order chi connectivity index (χ0) is 9.26. The lowest BCUT2D eigenvalue weighted by molar-refractivity contribution is 0.162. The molecule has 0 N–H and O–H groups in total. The van der Waals surface area contributed by atoms with Gasteiger partial charge in [-0.05, 0) is 12.1 Å². The van der Waals surface area contributed by atoms with Gasteiger partial charge in [0, 0.05) is 17.1 Å². The molecule has 0 atom stereocenters. The topological polar surface area (TPSA) is 27.7 Å². The third-order valence-electron chi connectivity index (χ3n) is 1.87. The summed E-state index contributed by atoms with van der Waals surface area (Å²) in [4.78, 5) is 0. The minimum Gasteiger partial charge on any atom is -0.454 e. The number of hydrogen-bond acceptors (Lipinski definition) is 3. The SMILES string of the molecule is COCc1c(Br)ccc2c1OCO2. The van der Waals surface area contributed by atoms with E-state index in [1.54, 1.807) is 7.11 Å². The zero-order valence-electron chi connectivity index (χ0n) is 7.17. The lowest BCUT2D eigenvalue weighted by Gasteiger charge is -2.06. The van der Waals surface area contributed by atoms with E-state index in [0.717, 1.165) is 21.5 Å². The predicted octanol–water partition coefficient (Wildman–Crippen LogP) is 2.32. The molecule has 0 aliphatic carbocycles. The summed E-state index contributed by atoms with van der Waals surface area (Å²) in [7, 11) is 1.65. The number of benzene rings is 1. The van der Waals surface area contributed by atoms with Crippen LogP contribution in [-0.2, 0) is 11.3 Å². The zero-order valence-corrected chi connectivity index (χ0v) is 8.76. The lowest BCUT2D eigenvalue weighted by atomic mass is 10.2. The second-order valence-corrected chi connectivity index (χ2v) is 3.55. The molecule has 0 bridgehead atoms. The molecule has 0 spiro atoms. The third-order valence-corrected chi connectivity index (χ3v) is 2.62. The second kappa shape index (κ2) is 3.55. The summed E-state index contributed by atoms with van der Waals surface area (Å²) in [6.07, 6.45) is 0. The number of halogens is 1. The number of fused-ring (bicyclic) bond motifs is 1. The van der Waals surface area contributed by atoms with E-state index in [1.807, 2.05) is 12.1 Å². The van der Waals surface area contributed by atoms with Crippen molar-refractivity contribution in [2.45, 2.75) is 6.61 Å². The summed E-state index contributed by atoms with van der Waals surface area (Å²) < 4.78 is 16.6. The van der Waals surface area contributed by atoms with Crippen molar-refractivity contribution < 1.29 is 14.2 Å². The second-order valence-electron chi connectivity index (χ2n) is 2.69. The van der Waals surface area contributed by atoms with Gasteiger partial charge in [0.2, 0.25) is 6.79 Å². The Labute approximate surface area is 84.7 Å². The average molecular weight is 245 g/mol. The Balaban J connectivity index is 2.45. The molecule has 0 unspecified atom stereocenters. The molecule has 4 heteroatoms. The Morgan fingerprint density at radius 3 is 3.08 bits per heavy atom. The van der Waals surface area contributed by atoms with Gasteiger partial charge in [-0.25, -0.2) is 0 Å². The maximum atomic E-state index is 5.33. The first-order valence-corrected chi connectivity index (χ1v) is 4.68. The van der Waals surface area contributed by atoms with Crippen molar-refractivity contribution in [2.24, 2.45) is 0 Å². The molecule has 1 aromatic carbocycles. The van der Waals surface area contributed by atoms with Crippen molar-refractivity contribution in [3.8, 4) is 11.5 Å². The van der Waals surface area contributed by atoms with E-state index >= 15 is 0 Å². The van der Waals surface area contributed by atoms with E-state index in [1.165, 1.54) is 0 Å². The molecule has 2 rings (SSSR count). The van der Waals surface area contributed by atoms with Crippen LogP contribution in [0.5, 0.6) is 11.5 Å². The number of ether oxygens (including phenoxy) is 3. The summed E-state index contributed by atoms with van der Waals surface area (Å²) in [5.41, 5.74) is 0.998. The standard InChI is InChI=1S/C9H9BrO3/c1-11-4-6-7(10)2-3-8-9(6)13-5-12-8/h2-3H,4-5H2,1H3. The maximum Gasteiger partial charge on any atom is 0.231 e. The molecule has 0 saturated heterocycles. The maximum absolute atomic E-state index is 5.33. The van der Waals surface area contributed by atoms with Crippen LogP contribution >= 0.6 is 15.9 Å². The Bertz CT molecular complexity index is 325. The molecule has 0 amide bonds. The van der Waals surface area contributed by atoms with Crippen LogP contribution in [0, 0.1) is 0 Å². The van der Waals surface area contributed by atoms with Crippen LogP contribution in [0.25, 0.3) is 0 Å². The van der Waals surface area contributed by atoms with Crippen LogP contribution in [0.2, 0.25) is 0 Å². The number of methoxy groups -OCH3 is 1. The first-order valence-electron chi connectivity index (χ1n) is 3.89. The van der Waals surface area contributed by atoms with Crippen LogP contribution in [0.1, 0.15) is 5.56 Å². The van der Waals surface area contributed by atoms with Crippen LogP contribution in [0.3, 0.4) is 0 Å². The Kier molecular flexibility index (Phi) is 2.42. The van der Waals surface area contributed by atoms with Crippen molar-refractivity contribution in [1.82, 2.24) is 0 Å². The van der Waals surface area contributed by atoms with Crippen LogP contribution in [0.15, 0.2) is 16.6 Å². The molecule has 1 aromatic rings. The minimum absolute atomic E-state index is 0.294. The summed E-state index contributed by atoms with van der Waals surface area (Å²) in [6, 6.07) is 3.81. The van der Waals surface area contributed by atoms with Crippen LogP contribution in [0.4, 0.5) is 0 Å². The molecule has 3 nitrogen and oxygen atoms in total. The largest absolute Gasteiger partial charge is 0.454 e. The fourth-order valence-corrected chi connectivity index (χ4v) is 1.71. The molecule has 13 heavy (non-hydrogen) atoms. The summed E-state index contributed by atoms with van der Waals surface area (Å²) >= 11 is 3.44. The highest BCUT2D eigenvalue weighted by Crippen LogP contribution is 2.39. The monoisotopic (exact) mass is 244 g/mol. The fraction of sp³-hybridized carbons (Fsp3) is 0.333. The normalized spacial score (nSPS) is 13.4. The molecule has 0 fully saturated rings. The van der Waals surface area contributed by atoms with E-state index in [0.29, 0.717) is 13.4 Å². The van der Waals surface area contributed by atoms with Gasteiger partial charge in [0.15, 0.2) is 11.5 Å². The molecule has 0 saturated carbocycles. The highest BCUT2D eigenvalue weighted by atomic mass is 79.9. The Morgan fingerprint density at radius 1 is 1.46 bits per heavy atom. The molecule has 1 aliphatic rings. The van der Waals surface area contributed by atoms with Gasteiger partial charge in [-0.1, -0.05) is 15.9 Å². The van der Waals surface area contributed by atoms with Crippen LogP contribution < -0.4 is 9.47 Å². The molecule has 1 aliphatic heterocycles. The van der Waals surface area contributed by atoms with Gasteiger partial charge in [0.05, 0.1) is 6.61 Å². The molecular formula is C9H9BrO3. The molecular weight excluding hydrogens is 236 g/mol. The first kappa shape index (κ1) is 8.84. The quantitative estimate of drug-likeness (QED) is 0.800. The molecule has 0 aromatic heterocycles. The average Bonchev–Trinajstić information content (AvgIpc) is 2.58. The van der Waals surface area contributed by atoms with Crippen molar-refractivity contribution in [1.29, 1.82) is 0 Å². The highest BCUT2D eigenvalue weighted by Gasteiger charge is 2.19. The first-order chi connectivity index (χ1) is 6.33. The predicted molar refractivity (Wildman–Crippen MR) is 51.0 cm³/mol. The van der Waals surface area contributed by atoms with E-state index in [2.05, 4.69) is 15.9 Å². The summed E-state index contributed by atoms with van der Waals surface area (Å²) in [5, 5.41) is 0. The van der Waals surface area contributed by atoms with Gasteiger partial charge in [0.1, 0.15) is 0 Å². The Morgan fingerprint density at radius 2 is 2.31 bits per heavy atom. The number of rotatable bonds is 2. The third kappa shape index (κ3) is 1.51.